The highest BCUT2D eigenvalue weighted by Crippen LogP contribution is 2.50. The normalized spacial score (nSPS) is 21.4. The molecule has 7 heteroatoms. The Bertz CT molecular complexity index is 1130. The van der Waals surface area contributed by atoms with Gasteiger partial charge in [0.05, 0.1) is 5.39 Å². The predicted molar refractivity (Wildman–Crippen MR) is 110 cm³/mol. The van der Waals surface area contributed by atoms with E-state index in [1.807, 2.05) is 16.3 Å². The minimum atomic E-state index is -0.303. The van der Waals surface area contributed by atoms with Crippen LogP contribution in [0, 0.1) is 5.92 Å². The number of rotatable bonds is 3. The van der Waals surface area contributed by atoms with Gasteiger partial charge in [-0.2, -0.15) is 0 Å². The molecule has 0 spiro atoms. The van der Waals surface area contributed by atoms with Gasteiger partial charge in [0.15, 0.2) is 11.2 Å². The van der Waals surface area contributed by atoms with Crippen LogP contribution in [0.5, 0.6) is 0 Å². The Hall–Kier alpha value is -2.93. The Morgan fingerprint density at radius 2 is 1.76 bits per heavy atom. The van der Waals surface area contributed by atoms with Crippen molar-refractivity contribution in [1.29, 1.82) is 0 Å². The van der Waals surface area contributed by atoms with Crippen LogP contribution in [0.15, 0.2) is 57.1 Å². The molecule has 3 aromatic rings. The molecule has 0 bridgehead atoms. The zero-order valence-electron chi connectivity index (χ0n) is 15.7. The number of carbonyl (C=O) groups excluding carboxylic acids is 2. The summed E-state index contributed by atoms with van der Waals surface area (Å²) < 4.78 is 5.66. The largest absolute Gasteiger partial charge is 0.451 e. The lowest BCUT2D eigenvalue weighted by atomic mass is 10.2. The lowest BCUT2D eigenvalue weighted by molar-refractivity contribution is -0.134. The molecule has 29 heavy (non-hydrogen) atoms. The van der Waals surface area contributed by atoms with Crippen molar-refractivity contribution >= 4 is 34.1 Å². The standard InChI is InChI=1S/C22H20N2O4S/c25-17-13-19(28-18-5-2-1-4-14(17)18)22(27)24-9-7-23(8-10-24)21(26)16-12-15(16)20-6-3-11-29-20/h1-6,11,13,15-16H,7-10,12H2/t15-,16-/m0/s1. The fraction of sp³-hybridized carbons (Fsp3) is 0.318. The van der Waals surface area contributed by atoms with E-state index in [2.05, 4.69) is 6.07 Å². The summed E-state index contributed by atoms with van der Waals surface area (Å²) in [4.78, 5) is 42.6. The summed E-state index contributed by atoms with van der Waals surface area (Å²) in [7, 11) is 0. The van der Waals surface area contributed by atoms with Gasteiger partial charge in [0, 0.05) is 49.0 Å². The Morgan fingerprint density at radius 1 is 1.00 bits per heavy atom. The molecule has 1 aliphatic carbocycles. The van der Waals surface area contributed by atoms with E-state index in [0.717, 1.165) is 6.42 Å². The summed E-state index contributed by atoms with van der Waals surface area (Å²) >= 11 is 1.71. The number of nitrogens with zero attached hydrogens (tertiary/aromatic N) is 2. The third-order valence-electron chi connectivity index (χ3n) is 5.74. The van der Waals surface area contributed by atoms with Gasteiger partial charge in [-0.25, -0.2) is 0 Å². The number of amides is 2. The van der Waals surface area contributed by atoms with E-state index < -0.39 is 0 Å². The monoisotopic (exact) mass is 408 g/mol. The first-order valence-corrected chi connectivity index (χ1v) is 10.6. The third-order valence-corrected chi connectivity index (χ3v) is 6.74. The second kappa shape index (κ2) is 7.15. The zero-order valence-corrected chi connectivity index (χ0v) is 16.6. The first kappa shape index (κ1) is 18.1. The lowest BCUT2D eigenvalue weighted by Gasteiger charge is -2.34. The summed E-state index contributed by atoms with van der Waals surface area (Å²) in [6.45, 7) is 1.90. The highest BCUT2D eigenvalue weighted by atomic mass is 32.1. The Labute approximate surface area is 171 Å². The molecule has 0 N–H and O–H groups in total. The predicted octanol–water partition coefficient (Wildman–Crippen LogP) is 2.94. The van der Waals surface area contributed by atoms with Gasteiger partial charge in [-0.15, -0.1) is 11.3 Å². The molecule has 5 rings (SSSR count). The molecular formula is C22H20N2O4S. The van der Waals surface area contributed by atoms with E-state index in [0.29, 0.717) is 43.1 Å². The number of piperazine rings is 1. The Balaban J connectivity index is 1.23. The number of benzene rings is 1. The molecule has 2 aliphatic rings. The van der Waals surface area contributed by atoms with Crippen LogP contribution < -0.4 is 5.43 Å². The van der Waals surface area contributed by atoms with E-state index >= 15 is 0 Å². The maximum atomic E-state index is 12.8. The van der Waals surface area contributed by atoms with Gasteiger partial charge in [-0.3, -0.25) is 14.4 Å². The van der Waals surface area contributed by atoms with Crippen LogP contribution in [0.4, 0.5) is 0 Å². The van der Waals surface area contributed by atoms with Crippen LogP contribution >= 0.6 is 11.3 Å². The lowest BCUT2D eigenvalue weighted by Crippen LogP contribution is -2.51. The van der Waals surface area contributed by atoms with Crippen molar-refractivity contribution < 1.29 is 14.0 Å². The fourth-order valence-electron chi connectivity index (χ4n) is 4.01. The van der Waals surface area contributed by atoms with Crippen molar-refractivity contribution in [2.24, 2.45) is 5.92 Å². The van der Waals surface area contributed by atoms with Gasteiger partial charge in [0.1, 0.15) is 5.58 Å². The molecule has 1 aromatic carbocycles. The average molecular weight is 408 g/mol. The van der Waals surface area contributed by atoms with Crippen molar-refractivity contribution in [3.63, 3.8) is 0 Å². The molecule has 1 saturated carbocycles. The van der Waals surface area contributed by atoms with Crippen molar-refractivity contribution in [2.75, 3.05) is 26.2 Å². The number of carbonyl (C=O) groups is 2. The zero-order chi connectivity index (χ0) is 20.0. The maximum Gasteiger partial charge on any atom is 0.289 e. The molecule has 2 atom stereocenters. The molecule has 1 aliphatic heterocycles. The molecule has 2 aromatic heterocycles. The second-order valence-electron chi connectivity index (χ2n) is 7.55. The van der Waals surface area contributed by atoms with Crippen LogP contribution in [-0.2, 0) is 4.79 Å². The number of para-hydroxylation sites is 1. The van der Waals surface area contributed by atoms with Crippen molar-refractivity contribution in [3.05, 3.63) is 68.7 Å². The van der Waals surface area contributed by atoms with Crippen molar-refractivity contribution in [3.8, 4) is 0 Å². The van der Waals surface area contributed by atoms with Crippen LogP contribution in [0.1, 0.15) is 27.8 Å². The van der Waals surface area contributed by atoms with Crippen LogP contribution in [-0.4, -0.2) is 47.8 Å². The minimum absolute atomic E-state index is 0.0495. The quantitative estimate of drug-likeness (QED) is 0.668. The first-order valence-electron chi connectivity index (χ1n) is 9.76. The smallest absolute Gasteiger partial charge is 0.289 e. The molecule has 2 amide bonds. The SMILES string of the molecule is O=C(c1cc(=O)c2ccccc2o1)N1CCN(C(=O)[C@H]2C[C@@H]2c2cccs2)CC1. The topological polar surface area (TPSA) is 70.8 Å². The van der Waals surface area contributed by atoms with Gasteiger partial charge in [0.25, 0.3) is 5.91 Å². The fourth-order valence-corrected chi connectivity index (χ4v) is 4.92. The second-order valence-corrected chi connectivity index (χ2v) is 8.53. The van der Waals surface area contributed by atoms with Crippen molar-refractivity contribution in [2.45, 2.75) is 12.3 Å². The molecule has 2 fully saturated rings. The Kier molecular flexibility index (Phi) is 4.47. The molecule has 0 unspecified atom stereocenters. The van der Waals surface area contributed by atoms with Crippen LogP contribution in [0.3, 0.4) is 0 Å². The van der Waals surface area contributed by atoms with Gasteiger partial charge >= 0.3 is 0 Å². The molecular weight excluding hydrogens is 388 g/mol. The highest BCUT2D eigenvalue weighted by Gasteiger charge is 2.46. The number of fused-ring (bicyclic) bond motifs is 1. The summed E-state index contributed by atoms with van der Waals surface area (Å²) in [6, 6.07) is 12.3. The minimum Gasteiger partial charge on any atom is -0.451 e. The van der Waals surface area contributed by atoms with Gasteiger partial charge in [-0.1, -0.05) is 18.2 Å². The average Bonchev–Trinajstić information content (AvgIpc) is 3.37. The summed E-state index contributed by atoms with van der Waals surface area (Å²) in [5.74, 6) is 0.368. The highest BCUT2D eigenvalue weighted by molar-refractivity contribution is 7.10. The number of thiophene rings is 1. The molecule has 3 heterocycles. The maximum absolute atomic E-state index is 12.8. The van der Waals surface area contributed by atoms with E-state index in [4.69, 9.17) is 4.42 Å². The third kappa shape index (κ3) is 3.35. The van der Waals surface area contributed by atoms with Gasteiger partial charge in [-0.05, 0) is 30.0 Å². The van der Waals surface area contributed by atoms with Gasteiger partial charge in [0.2, 0.25) is 5.91 Å². The van der Waals surface area contributed by atoms with Crippen LogP contribution in [0.2, 0.25) is 0 Å². The molecule has 1 saturated heterocycles. The van der Waals surface area contributed by atoms with Crippen LogP contribution in [0.25, 0.3) is 11.0 Å². The van der Waals surface area contributed by atoms with E-state index in [9.17, 15) is 14.4 Å². The Morgan fingerprint density at radius 3 is 2.52 bits per heavy atom. The molecule has 148 valence electrons. The van der Waals surface area contributed by atoms with Gasteiger partial charge < -0.3 is 14.2 Å². The number of hydrogen-bond acceptors (Lipinski definition) is 5. The van der Waals surface area contributed by atoms with E-state index in [1.165, 1.54) is 10.9 Å². The molecule has 6 nitrogen and oxygen atoms in total. The van der Waals surface area contributed by atoms with E-state index in [-0.39, 0.29) is 28.9 Å². The molecule has 0 radical (unpaired) electrons. The summed E-state index contributed by atoms with van der Waals surface area (Å²) in [6.07, 6.45) is 0.917. The summed E-state index contributed by atoms with van der Waals surface area (Å²) in [5, 5.41) is 2.51. The van der Waals surface area contributed by atoms with E-state index in [1.54, 1.807) is 40.5 Å². The first-order chi connectivity index (χ1) is 14.1. The number of hydrogen-bond donors (Lipinski definition) is 0. The van der Waals surface area contributed by atoms with Crippen molar-refractivity contribution in [1.82, 2.24) is 9.80 Å². The summed E-state index contributed by atoms with van der Waals surface area (Å²) in [5.41, 5.74) is 0.183.